The number of benzene rings is 1. The van der Waals surface area contributed by atoms with Gasteiger partial charge >= 0.3 is 0 Å². The number of hydrogen-bond donors (Lipinski definition) is 0. The molecule has 6 heteroatoms. The second kappa shape index (κ2) is 5.77. The zero-order valence-corrected chi connectivity index (χ0v) is 12.3. The predicted octanol–water partition coefficient (Wildman–Crippen LogP) is 3.10. The Bertz CT molecular complexity index is 770. The molecule has 0 bridgehead atoms. The third kappa shape index (κ3) is 2.74. The van der Waals surface area contributed by atoms with Gasteiger partial charge in [-0.25, -0.2) is 19.3 Å². The van der Waals surface area contributed by atoms with Crippen LogP contribution in [-0.2, 0) is 13.0 Å². The van der Waals surface area contributed by atoms with Gasteiger partial charge in [0.05, 0.1) is 23.3 Å². The molecule has 0 unspecified atom stereocenters. The molecule has 0 amide bonds. The molecule has 2 heterocycles. The first-order valence-electron chi connectivity index (χ1n) is 6.65. The first-order valence-corrected chi connectivity index (χ1v) is 7.18. The van der Waals surface area contributed by atoms with E-state index in [0.717, 1.165) is 17.0 Å². The van der Waals surface area contributed by atoms with E-state index in [1.807, 2.05) is 16.7 Å². The predicted molar refractivity (Wildman–Crippen MR) is 80.0 cm³/mol. The van der Waals surface area contributed by atoms with Gasteiger partial charge in [0.15, 0.2) is 0 Å². The smallest absolute Gasteiger partial charge is 0.128 e. The van der Waals surface area contributed by atoms with Crippen molar-refractivity contribution >= 4 is 22.6 Å². The van der Waals surface area contributed by atoms with E-state index < -0.39 is 0 Å². The van der Waals surface area contributed by atoms with E-state index in [1.165, 1.54) is 12.4 Å². The van der Waals surface area contributed by atoms with Crippen LogP contribution in [0.15, 0.2) is 30.7 Å². The normalized spacial score (nSPS) is 11.2. The topological polar surface area (TPSA) is 43.6 Å². The second-order valence-corrected chi connectivity index (χ2v) is 5.22. The van der Waals surface area contributed by atoms with E-state index in [0.29, 0.717) is 29.9 Å². The minimum absolute atomic E-state index is 0.244. The van der Waals surface area contributed by atoms with Gasteiger partial charge in [0.2, 0.25) is 0 Å². The molecule has 0 radical (unpaired) electrons. The molecular weight excluding hydrogens is 291 g/mol. The van der Waals surface area contributed by atoms with Gasteiger partial charge in [0.1, 0.15) is 18.0 Å². The molecule has 108 valence electrons. The molecule has 0 spiro atoms. The van der Waals surface area contributed by atoms with Crippen molar-refractivity contribution in [2.45, 2.75) is 19.9 Å². The zero-order valence-electron chi connectivity index (χ0n) is 11.6. The quantitative estimate of drug-likeness (QED) is 0.696. The molecule has 21 heavy (non-hydrogen) atoms. The van der Waals surface area contributed by atoms with Gasteiger partial charge in [-0.2, -0.15) is 0 Å². The van der Waals surface area contributed by atoms with Crippen molar-refractivity contribution in [1.29, 1.82) is 0 Å². The minimum atomic E-state index is -0.244. The molecular formula is C15H14ClFN4. The highest BCUT2D eigenvalue weighted by Crippen LogP contribution is 2.22. The molecule has 0 aliphatic heterocycles. The van der Waals surface area contributed by atoms with Gasteiger partial charge in [0, 0.05) is 24.6 Å². The second-order valence-electron chi connectivity index (χ2n) is 4.84. The van der Waals surface area contributed by atoms with Crippen LogP contribution in [0.1, 0.15) is 17.1 Å². The van der Waals surface area contributed by atoms with Gasteiger partial charge < -0.3 is 4.57 Å². The number of alkyl halides is 1. The summed E-state index contributed by atoms with van der Waals surface area (Å²) in [6.45, 7) is 2.31. The summed E-state index contributed by atoms with van der Waals surface area (Å²) in [5.41, 5.74) is 3.02. The lowest BCUT2D eigenvalue weighted by atomic mass is 10.2. The van der Waals surface area contributed by atoms with Crippen LogP contribution in [0.2, 0.25) is 0 Å². The van der Waals surface area contributed by atoms with Crippen molar-refractivity contribution in [3.8, 4) is 0 Å². The van der Waals surface area contributed by atoms with Gasteiger partial charge in [-0.05, 0) is 24.6 Å². The van der Waals surface area contributed by atoms with Crippen LogP contribution in [0.4, 0.5) is 4.39 Å². The van der Waals surface area contributed by atoms with Crippen molar-refractivity contribution < 1.29 is 4.39 Å². The summed E-state index contributed by atoms with van der Waals surface area (Å²) in [5, 5.41) is 0. The van der Waals surface area contributed by atoms with Gasteiger partial charge in [0.25, 0.3) is 0 Å². The molecule has 0 aliphatic carbocycles. The van der Waals surface area contributed by atoms with Crippen LogP contribution in [-0.4, -0.2) is 25.4 Å². The Morgan fingerprint density at radius 3 is 2.90 bits per heavy atom. The number of aromatic nitrogens is 4. The summed E-state index contributed by atoms with van der Waals surface area (Å²) < 4.78 is 15.7. The van der Waals surface area contributed by atoms with Crippen molar-refractivity contribution in [3.05, 3.63) is 53.6 Å². The summed E-state index contributed by atoms with van der Waals surface area (Å²) in [6.07, 6.45) is 3.84. The van der Waals surface area contributed by atoms with E-state index in [-0.39, 0.29) is 5.82 Å². The van der Waals surface area contributed by atoms with Crippen molar-refractivity contribution in [1.82, 2.24) is 19.5 Å². The van der Waals surface area contributed by atoms with Gasteiger partial charge in [-0.15, -0.1) is 11.6 Å². The molecule has 0 N–H and O–H groups in total. The Kier molecular flexibility index (Phi) is 3.84. The van der Waals surface area contributed by atoms with E-state index >= 15 is 0 Å². The molecule has 0 saturated heterocycles. The summed E-state index contributed by atoms with van der Waals surface area (Å²) in [5.74, 6) is 1.06. The van der Waals surface area contributed by atoms with Crippen LogP contribution in [0.3, 0.4) is 0 Å². The first kappa shape index (κ1) is 13.9. The fourth-order valence-electron chi connectivity index (χ4n) is 2.33. The van der Waals surface area contributed by atoms with Crippen LogP contribution >= 0.6 is 11.6 Å². The molecule has 4 nitrogen and oxygen atoms in total. The van der Waals surface area contributed by atoms with Crippen molar-refractivity contribution in [2.24, 2.45) is 0 Å². The third-order valence-corrected chi connectivity index (χ3v) is 3.58. The Morgan fingerprint density at radius 1 is 1.33 bits per heavy atom. The third-order valence-electron chi connectivity index (χ3n) is 3.39. The fraction of sp³-hybridized carbons (Fsp3) is 0.267. The fourth-order valence-corrected chi connectivity index (χ4v) is 2.49. The number of fused-ring (bicyclic) bond motifs is 1. The zero-order chi connectivity index (χ0) is 14.8. The summed E-state index contributed by atoms with van der Waals surface area (Å²) in [6, 6.07) is 5.14. The van der Waals surface area contributed by atoms with Crippen LogP contribution in [0.25, 0.3) is 11.0 Å². The number of aryl methyl sites for hydroxylation is 2. The minimum Gasteiger partial charge on any atom is -0.322 e. The maximum absolute atomic E-state index is 13.7. The van der Waals surface area contributed by atoms with E-state index in [1.54, 1.807) is 13.1 Å². The standard InChI is InChI=1S/C15H14ClFN4/c1-10-6-14-13(7-12(10)17)20-15(2-4-16)21(14)8-11-3-5-18-9-19-11/h3,5-7,9H,2,4,8H2,1H3. The lowest BCUT2D eigenvalue weighted by Gasteiger charge is -2.08. The van der Waals surface area contributed by atoms with Crippen LogP contribution in [0, 0.1) is 12.7 Å². The average molecular weight is 305 g/mol. The number of halogens is 2. The summed E-state index contributed by atoms with van der Waals surface area (Å²) >= 11 is 5.85. The molecule has 1 aromatic carbocycles. The maximum atomic E-state index is 13.7. The van der Waals surface area contributed by atoms with Crippen LogP contribution in [0.5, 0.6) is 0 Å². The molecule has 3 rings (SSSR count). The monoisotopic (exact) mass is 304 g/mol. The maximum Gasteiger partial charge on any atom is 0.128 e. The SMILES string of the molecule is Cc1cc2c(cc1F)nc(CCCl)n2Cc1ccncn1. The van der Waals surface area contributed by atoms with Crippen molar-refractivity contribution in [3.63, 3.8) is 0 Å². The number of nitrogens with zero attached hydrogens (tertiary/aromatic N) is 4. The Morgan fingerprint density at radius 2 is 2.19 bits per heavy atom. The largest absolute Gasteiger partial charge is 0.322 e. The summed E-state index contributed by atoms with van der Waals surface area (Å²) in [7, 11) is 0. The Hall–Kier alpha value is -2.01. The lowest BCUT2D eigenvalue weighted by molar-refractivity contribution is 0.620. The molecule has 0 aliphatic rings. The van der Waals surface area contributed by atoms with Gasteiger partial charge in [-0.3, -0.25) is 0 Å². The highest BCUT2D eigenvalue weighted by atomic mass is 35.5. The molecule has 3 aromatic rings. The first-order chi connectivity index (χ1) is 10.2. The lowest BCUT2D eigenvalue weighted by Crippen LogP contribution is -2.07. The Labute approximate surface area is 126 Å². The highest BCUT2D eigenvalue weighted by molar-refractivity contribution is 6.17. The molecule has 0 fully saturated rings. The van der Waals surface area contributed by atoms with E-state index in [2.05, 4.69) is 15.0 Å². The summed E-state index contributed by atoms with van der Waals surface area (Å²) in [4.78, 5) is 12.6. The molecule has 2 aromatic heterocycles. The number of imidazole rings is 1. The molecule has 0 saturated carbocycles. The van der Waals surface area contributed by atoms with Crippen LogP contribution < -0.4 is 0 Å². The number of hydrogen-bond acceptors (Lipinski definition) is 3. The van der Waals surface area contributed by atoms with E-state index in [4.69, 9.17) is 11.6 Å². The number of rotatable bonds is 4. The highest BCUT2D eigenvalue weighted by Gasteiger charge is 2.13. The van der Waals surface area contributed by atoms with Crippen molar-refractivity contribution in [2.75, 3.05) is 5.88 Å². The Balaban J connectivity index is 2.13. The average Bonchev–Trinajstić information content (AvgIpc) is 2.79. The van der Waals surface area contributed by atoms with E-state index in [9.17, 15) is 4.39 Å². The molecule has 0 atom stereocenters. The van der Waals surface area contributed by atoms with Gasteiger partial charge in [-0.1, -0.05) is 0 Å².